The molecule has 0 aliphatic rings. The van der Waals surface area contributed by atoms with Crippen LogP contribution in [0.5, 0.6) is 0 Å². The smallest absolute Gasteiger partial charge is 0.271 e. The van der Waals surface area contributed by atoms with E-state index in [2.05, 4.69) is 20.9 Å². The van der Waals surface area contributed by atoms with Crippen LogP contribution in [0.25, 0.3) is 10.9 Å². The summed E-state index contributed by atoms with van der Waals surface area (Å²) >= 11 is 0. The van der Waals surface area contributed by atoms with Gasteiger partial charge in [-0.15, -0.1) is 0 Å². The lowest BCUT2D eigenvalue weighted by Gasteiger charge is -2.11. The Bertz CT molecular complexity index is 1550. The number of benzene rings is 4. The molecule has 0 bridgehead atoms. The van der Waals surface area contributed by atoms with E-state index in [9.17, 15) is 14.9 Å². The number of amides is 1. The molecule has 1 aromatic heterocycles. The largest absolute Gasteiger partial charge is 0.355 e. The van der Waals surface area contributed by atoms with Crippen molar-refractivity contribution in [3.05, 3.63) is 125 Å². The van der Waals surface area contributed by atoms with E-state index >= 15 is 0 Å². The molecule has 1 heterocycles. The highest BCUT2D eigenvalue weighted by atomic mass is 16.6. The summed E-state index contributed by atoms with van der Waals surface area (Å²) in [6, 6.07) is 30.8. The molecule has 0 fully saturated rings. The molecule has 5 rings (SSSR count). The Hall–Kier alpha value is -5.24. The third kappa shape index (κ3) is 5.13. The average Bonchev–Trinajstić information content (AvgIpc) is 2.90. The predicted molar refractivity (Wildman–Crippen MR) is 142 cm³/mol. The van der Waals surface area contributed by atoms with Gasteiger partial charge in [0.15, 0.2) is 0 Å². The summed E-state index contributed by atoms with van der Waals surface area (Å²) in [5.41, 5.74) is 5.06. The van der Waals surface area contributed by atoms with Crippen LogP contribution in [-0.2, 0) is 0 Å². The van der Waals surface area contributed by atoms with Crippen molar-refractivity contribution in [2.24, 2.45) is 0 Å². The first kappa shape index (κ1) is 22.5. The van der Waals surface area contributed by atoms with Gasteiger partial charge in [0.1, 0.15) is 0 Å². The second-order valence-corrected chi connectivity index (χ2v) is 8.05. The van der Waals surface area contributed by atoms with Crippen LogP contribution >= 0.6 is 0 Å². The van der Waals surface area contributed by atoms with E-state index in [-0.39, 0.29) is 11.6 Å². The Morgan fingerprint density at radius 2 is 1.44 bits per heavy atom. The van der Waals surface area contributed by atoms with Gasteiger partial charge >= 0.3 is 0 Å². The number of nitro groups is 1. The molecule has 0 atom stereocenters. The molecule has 4 aromatic carbocycles. The lowest BCUT2D eigenvalue weighted by molar-refractivity contribution is -0.384. The number of carbonyl (C=O) groups is 1. The normalized spacial score (nSPS) is 10.6. The van der Waals surface area contributed by atoms with Crippen LogP contribution in [0.15, 0.2) is 109 Å². The molecule has 0 unspecified atom stereocenters. The van der Waals surface area contributed by atoms with Crippen molar-refractivity contribution in [1.82, 2.24) is 4.98 Å². The average molecular weight is 476 g/mol. The van der Waals surface area contributed by atoms with Gasteiger partial charge in [0.25, 0.3) is 11.6 Å². The van der Waals surface area contributed by atoms with Gasteiger partial charge < -0.3 is 16.0 Å². The topological polar surface area (TPSA) is 109 Å². The molecule has 8 heteroatoms. The van der Waals surface area contributed by atoms with Gasteiger partial charge in [-0.25, -0.2) is 0 Å². The van der Waals surface area contributed by atoms with Crippen molar-refractivity contribution in [1.29, 1.82) is 0 Å². The van der Waals surface area contributed by atoms with Crippen LogP contribution in [0.4, 0.5) is 34.1 Å². The summed E-state index contributed by atoms with van der Waals surface area (Å²) in [5.74, 6) is -0.222. The zero-order valence-corrected chi connectivity index (χ0v) is 19.0. The van der Waals surface area contributed by atoms with E-state index in [1.165, 1.54) is 12.1 Å². The molecule has 8 nitrogen and oxygen atoms in total. The first-order valence-electron chi connectivity index (χ1n) is 11.2. The summed E-state index contributed by atoms with van der Waals surface area (Å²) in [4.78, 5) is 27.6. The number of nitro benzene ring substituents is 1. The molecule has 0 saturated carbocycles. The van der Waals surface area contributed by atoms with Crippen LogP contribution < -0.4 is 16.0 Å². The minimum absolute atomic E-state index is 0.0103. The molecule has 0 radical (unpaired) electrons. The quantitative estimate of drug-likeness (QED) is 0.175. The lowest BCUT2D eigenvalue weighted by atomic mass is 10.1. The van der Waals surface area contributed by atoms with Crippen molar-refractivity contribution >= 4 is 50.9 Å². The van der Waals surface area contributed by atoms with Gasteiger partial charge in [0.05, 0.1) is 10.4 Å². The lowest BCUT2D eigenvalue weighted by Crippen LogP contribution is -2.11. The van der Waals surface area contributed by atoms with Gasteiger partial charge in [0.2, 0.25) is 0 Å². The van der Waals surface area contributed by atoms with Crippen LogP contribution in [0.3, 0.4) is 0 Å². The standard InChI is InChI=1S/C28H21N5O3/c34-28(32-23-8-4-7-22(17-23)30-20-5-2-1-3-6-20)19-9-11-21(12-10-19)31-26-15-16-29-27-18-24(33(35)36)13-14-25(26)27/h1-18,30H,(H,29,31)(H,32,34). The van der Waals surface area contributed by atoms with Crippen molar-refractivity contribution in [3.63, 3.8) is 0 Å². The van der Waals surface area contributed by atoms with Gasteiger partial charge in [-0.3, -0.25) is 19.9 Å². The summed E-state index contributed by atoms with van der Waals surface area (Å²) in [5, 5.41) is 21.3. The Morgan fingerprint density at radius 1 is 0.722 bits per heavy atom. The van der Waals surface area contributed by atoms with Crippen LogP contribution in [0, 0.1) is 10.1 Å². The van der Waals surface area contributed by atoms with Crippen LogP contribution in [0.1, 0.15) is 10.4 Å². The molecule has 5 aromatic rings. The van der Waals surface area contributed by atoms with E-state index in [0.717, 1.165) is 28.1 Å². The minimum Gasteiger partial charge on any atom is -0.355 e. The van der Waals surface area contributed by atoms with E-state index in [0.29, 0.717) is 16.8 Å². The third-order valence-corrected chi connectivity index (χ3v) is 5.55. The molecule has 0 saturated heterocycles. The first-order chi connectivity index (χ1) is 17.5. The number of fused-ring (bicyclic) bond motifs is 1. The molecule has 176 valence electrons. The highest BCUT2D eigenvalue weighted by Gasteiger charge is 2.11. The third-order valence-electron chi connectivity index (χ3n) is 5.55. The number of rotatable bonds is 7. The number of para-hydroxylation sites is 1. The number of carbonyl (C=O) groups excluding carboxylic acids is 1. The van der Waals surface area contributed by atoms with Gasteiger partial charge in [0, 0.05) is 57.7 Å². The van der Waals surface area contributed by atoms with E-state index in [1.54, 1.807) is 42.6 Å². The van der Waals surface area contributed by atoms with Crippen molar-refractivity contribution < 1.29 is 9.72 Å². The van der Waals surface area contributed by atoms with Crippen molar-refractivity contribution in [2.45, 2.75) is 0 Å². The summed E-state index contributed by atoms with van der Waals surface area (Å²) < 4.78 is 0. The summed E-state index contributed by atoms with van der Waals surface area (Å²) in [6.07, 6.45) is 1.59. The van der Waals surface area contributed by atoms with Gasteiger partial charge in [-0.2, -0.15) is 0 Å². The maximum atomic E-state index is 12.8. The fraction of sp³-hybridized carbons (Fsp3) is 0. The van der Waals surface area contributed by atoms with Crippen LogP contribution in [-0.4, -0.2) is 15.8 Å². The maximum absolute atomic E-state index is 12.8. The number of nitrogens with zero attached hydrogens (tertiary/aromatic N) is 2. The van der Waals surface area contributed by atoms with E-state index < -0.39 is 4.92 Å². The van der Waals surface area contributed by atoms with E-state index in [4.69, 9.17) is 0 Å². The Morgan fingerprint density at radius 3 is 2.22 bits per heavy atom. The van der Waals surface area contributed by atoms with Crippen molar-refractivity contribution in [2.75, 3.05) is 16.0 Å². The van der Waals surface area contributed by atoms with Gasteiger partial charge in [-0.05, 0) is 66.7 Å². The fourth-order valence-corrected chi connectivity index (χ4v) is 3.79. The number of nitrogens with one attached hydrogen (secondary N) is 3. The summed E-state index contributed by atoms with van der Waals surface area (Å²) in [6.45, 7) is 0. The number of aromatic nitrogens is 1. The molecular formula is C28H21N5O3. The number of hydrogen-bond acceptors (Lipinski definition) is 6. The Kier molecular flexibility index (Phi) is 6.23. The molecule has 0 aliphatic carbocycles. The Labute approximate surface area is 206 Å². The summed E-state index contributed by atoms with van der Waals surface area (Å²) in [7, 11) is 0. The second kappa shape index (κ2) is 9.94. The molecule has 36 heavy (non-hydrogen) atoms. The number of non-ortho nitro benzene ring substituents is 1. The highest BCUT2D eigenvalue weighted by Crippen LogP contribution is 2.28. The Balaban J connectivity index is 1.27. The van der Waals surface area contributed by atoms with E-state index in [1.807, 2.05) is 54.6 Å². The zero-order chi connectivity index (χ0) is 24.9. The SMILES string of the molecule is O=C(Nc1cccc(Nc2ccccc2)c1)c1ccc(Nc2ccnc3cc([N+](=O)[O-])ccc23)cc1. The van der Waals surface area contributed by atoms with Crippen LogP contribution in [0.2, 0.25) is 0 Å². The molecule has 0 aliphatic heterocycles. The molecule has 1 amide bonds. The highest BCUT2D eigenvalue weighted by molar-refractivity contribution is 6.04. The number of pyridine rings is 1. The number of hydrogen-bond donors (Lipinski definition) is 3. The fourth-order valence-electron chi connectivity index (χ4n) is 3.79. The zero-order valence-electron chi connectivity index (χ0n) is 19.0. The predicted octanol–water partition coefficient (Wildman–Crippen LogP) is 6.88. The number of anilines is 5. The monoisotopic (exact) mass is 475 g/mol. The first-order valence-corrected chi connectivity index (χ1v) is 11.2. The molecular weight excluding hydrogens is 454 g/mol. The minimum atomic E-state index is -0.443. The maximum Gasteiger partial charge on any atom is 0.271 e. The molecule has 3 N–H and O–H groups in total. The molecule has 0 spiro atoms. The van der Waals surface area contributed by atoms with Crippen molar-refractivity contribution in [3.8, 4) is 0 Å². The second-order valence-electron chi connectivity index (χ2n) is 8.05. The van der Waals surface area contributed by atoms with Gasteiger partial charge in [-0.1, -0.05) is 24.3 Å².